The Bertz CT molecular complexity index is 406. The van der Waals surface area contributed by atoms with E-state index in [0.29, 0.717) is 6.04 Å². The number of rotatable bonds is 4. The zero-order valence-corrected chi connectivity index (χ0v) is 12.2. The predicted octanol–water partition coefficient (Wildman–Crippen LogP) is 2.96. The SMILES string of the molecule is Brc1cnccc1N1CCCCC1CNC1CC1. The lowest BCUT2D eigenvalue weighted by atomic mass is 10.0. The highest BCUT2D eigenvalue weighted by atomic mass is 79.9. The molecule has 2 heterocycles. The molecule has 1 aliphatic carbocycles. The molecule has 98 valence electrons. The summed E-state index contributed by atoms with van der Waals surface area (Å²) >= 11 is 3.63. The first kappa shape index (κ1) is 12.4. The minimum absolute atomic E-state index is 0.637. The molecule has 0 bridgehead atoms. The maximum atomic E-state index is 4.16. The fourth-order valence-electron chi connectivity index (χ4n) is 2.72. The van der Waals surface area contributed by atoms with E-state index >= 15 is 0 Å². The molecule has 0 spiro atoms. The van der Waals surface area contributed by atoms with Crippen LogP contribution in [0.1, 0.15) is 32.1 Å². The van der Waals surface area contributed by atoms with Crippen LogP contribution in [-0.4, -0.2) is 30.2 Å². The summed E-state index contributed by atoms with van der Waals surface area (Å²) in [5.74, 6) is 0. The Balaban J connectivity index is 1.71. The molecule has 1 saturated heterocycles. The third-order valence-corrected chi connectivity index (χ3v) is 4.52. The first-order chi connectivity index (χ1) is 8.84. The van der Waals surface area contributed by atoms with Crippen LogP contribution in [0, 0.1) is 0 Å². The van der Waals surface area contributed by atoms with Crippen LogP contribution in [-0.2, 0) is 0 Å². The van der Waals surface area contributed by atoms with Gasteiger partial charge < -0.3 is 10.2 Å². The number of anilines is 1. The van der Waals surface area contributed by atoms with Crippen molar-refractivity contribution in [2.45, 2.75) is 44.2 Å². The Kier molecular flexibility index (Phi) is 3.85. The molecule has 18 heavy (non-hydrogen) atoms. The number of piperidine rings is 1. The average Bonchev–Trinajstić information content (AvgIpc) is 3.22. The molecule has 1 atom stereocenters. The van der Waals surface area contributed by atoms with Crippen LogP contribution in [0.3, 0.4) is 0 Å². The highest BCUT2D eigenvalue weighted by Gasteiger charge is 2.27. The second-order valence-electron chi connectivity index (χ2n) is 5.35. The Morgan fingerprint density at radius 1 is 1.33 bits per heavy atom. The number of halogens is 1. The fraction of sp³-hybridized carbons (Fsp3) is 0.643. The summed E-state index contributed by atoms with van der Waals surface area (Å²) in [5, 5.41) is 3.67. The van der Waals surface area contributed by atoms with Crippen molar-refractivity contribution in [1.82, 2.24) is 10.3 Å². The number of nitrogens with zero attached hydrogens (tertiary/aromatic N) is 2. The van der Waals surface area contributed by atoms with Crippen molar-refractivity contribution < 1.29 is 0 Å². The summed E-state index contributed by atoms with van der Waals surface area (Å²) in [6.45, 7) is 2.29. The molecule has 3 rings (SSSR count). The van der Waals surface area contributed by atoms with Gasteiger partial charge in [0.25, 0.3) is 0 Å². The van der Waals surface area contributed by atoms with E-state index in [4.69, 9.17) is 0 Å². The first-order valence-electron chi connectivity index (χ1n) is 6.94. The molecule has 1 saturated carbocycles. The van der Waals surface area contributed by atoms with E-state index < -0.39 is 0 Å². The number of pyridine rings is 1. The lowest BCUT2D eigenvalue weighted by Gasteiger charge is -2.38. The van der Waals surface area contributed by atoms with Gasteiger partial charge in [-0.3, -0.25) is 4.98 Å². The summed E-state index contributed by atoms with van der Waals surface area (Å²) in [6.07, 6.45) is 10.5. The van der Waals surface area contributed by atoms with E-state index in [1.165, 1.54) is 44.3 Å². The third kappa shape index (κ3) is 2.86. The van der Waals surface area contributed by atoms with Gasteiger partial charge in [0.1, 0.15) is 0 Å². The van der Waals surface area contributed by atoms with Gasteiger partial charge in [0.2, 0.25) is 0 Å². The Morgan fingerprint density at radius 3 is 3.00 bits per heavy atom. The van der Waals surface area contributed by atoms with Gasteiger partial charge in [-0.05, 0) is 54.1 Å². The molecule has 0 amide bonds. The summed E-state index contributed by atoms with van der Waals surface area (Å²) in [5.41, 5.74) is 1.30. The molecule has 1 unspecified atom stereocenters. The molecular formula is C14H20BrN3. The second-order valence-corrected chi connectivity index (χ2v) is 6.21. The minimum Gasteiger partial charge on any atom is -0.366 e. The molecule has 3 nitrogen and oxygen atoms in total. The highest BCUT2D eigenvalue weighted by Crippen LogP contribution is 2.30. The Hall–Kier alpha value is -0.610. The van der Waals surface area contributed by atoms with Gasteiger partial charge in [-0.15, -0.1) is 0 Å². The fourth-order valence-corrected chi connectivity index (χ4v) is 3.20. The van der Waals surface area contributed by atoms with Gasteiger partial charge in [0.15, 0.2) is 0 Å². The van der Waals surface area contributed by atoms with Crippen molar-refractivity contribution >= 4 is 21.6 Å². The van der Waals surface area contributed by atoms with E-state index in [2.05, 4.69) is 37.2 Å². The van der Waals surface area contributed by atoms with Crippen molar-refractivity contribution in [2.24, 2.45) is 0 Å². The summed E-state index contributed by atoms with van der Waals surface area (Å²) < 4.78 is 1.11. The van der Waals surface area contributed by atoms with E-state index in [-0.39, 0.29) is 0 Å². The van der Waals surface area contributed by atoms with Gasteiger partial charge in [-0.2, -0.15) is 0 Å². The largest absolute Gasteiger partial charge is 0.366 e. The van der Waals surface area contributed by atoms with Gasteiger partial charge in [-0.1, -0.05) is 0 Å². The number of hydrogen-bond acceptors (Lipinski definition) is 3. The average molecular weight is 310 g/mol. The zero-order chi connectivity index (χ0) is 12.4. The van der Waals surface area contributed by atoms with E-state index in [9.17, 15) is 0 Å². The molecule has 1 aliphatic heterocycles. The topological polar surface area (TPSA) is 28.2 Å². The van der Waals surface area contributed by atoms with Crippen molar-refractivity contribution in [3.63, 3.8) is 0 Å². The molecule has 0 aromatic carbocycles. The van der Waals surface area contributed by atoms with Crippen molar-refractivity contribution in [2.75, 3.05) is 18.0 Å². The van der Waals surface area contributed by atoms with Gasteiger partial charge in [0, 0.05) is 37.6 Å². The normalized spacial score (nSPS) is 24.3. The summed E-state index contributed by atoms with van der Waals surface area (Å²) in [7, 11) is 0. The first-order valence-corrected chi connectivity index (χ1v) is 7.73. The number of aromatic nitrogens is 1. The van der Waals surface area contributed by atoms with Gasteiger partial charge >= 0.3 is 0 Å². The van der Waals surface area contributed by atoms with Crippen molar-refractivity contribution in [1.29, 1.82) is 0 Å². The van der Waals surface area contributed by atoms with Crippen LogP contribution in [0.15, 0.2) is 22.9 Å². The molecule has 4 heteroatoms. The van der Waals surface area contributed by atoms with Crippen LogP contribution >= 0.6 is 15.9 Å². The maximum absolute atomic E-state index is 4.16. The smallest absolute Gasteiger partial charge is 0.0592 e. The Morgan fingerprint density at radius 2 is 2.22 bits per heavy atom. The van der Waals surface area contributed by atoms with Crippen LogP contribution in [0.2, 0.25) is 0 Å². The van der Waals surface area contributed by atoms with Crippen molar-refractivity contribution in [3.05, 3.63) is 22.9 Å². The molecule has 1 aromatic heterocycles. The lowest BCUT2D eigenvalue weighted by Crippen LogP contribution is -2.46. The molecule has 0 radical (unpaired) electrons. The van der Waals surface area contributed by atoms with Crippen LogP contribution in [0.25, 0.3) is 0 Å². The molecule has 2 fully saturated rings. The quantitative estimate of drug-likeness (QED) is 0.927. The van der Waals surface area contributed by atoms with E-state index in [1.807, 2.05) is 12.4 Å². The van der Waals surface area contributed by atoms with Gasteiger partial charge in [0.05, 0.1) is 10.2 Å². The monoisotopic (exact) mass is 309 g/mol. The second kappa shape index (κ2) is 5.57. The van der Waals surface area contributed by atoms with Crippen LogP contribution in [0.5, 0.6) is 0 Å². The molecule has 1 aromatic rings. The minimum atomic E-state index is 0.637. The molecule has 2 aliphatic rings. The highest BCUT2D eigenvalue weighted by molar-refractivity contribution is 9.10. The number of nitrogens with one attached hydrogen (secondary N) is 1. The summed E-state index contributed by atoms with van der Waals surface area (Å²) in [4.78, 5) is 6.71. The predicted molar refractivity (Wildman–Crippen MR) is 77.9 cm³/mol. The maximum Gasteiger partial charge on any atom is 0.0592 e. The van der Waals surface area contributed by atoms with Crippen molar-refractivity contribution in [3.8, 4) is 0 Å². The third-order valence-electron chi connectivity index (χ3n) is 3.91. The standard InChI is InChI=1S/C14H20BrN3/c15-13-10-16-7-6-14(13)18-8-2-1-3-12(18)9-17-11-4-5-11/h6-7,10-12,17H,1-5,8-9H2. The van der Waals surface area contributed by atoms with Crippen LogP contribution in [0.4, 0.5) is 5.69 Å². The lowest BCUT2D eigenvalue weighted by molar-refractivity contribution is 0.434. The van der Waals surface area contributed by atoms with Gasteiger partial charge in [-0.25, -0.2) is 0 Å². The summed E-state index contributed by atoms with van der Waals surface area (Å²) in [6, 6.07) is 3.56. The van der Waals surface area contributed by atoms with E-state index in [0.717, 1.165) is 17.1 Å². The molecule has 1 N–H and O–H groups in total. The Labute approximate surface area is 117 Å². The zero-order valence-electron chi connectivity index (χ0n) is 10.6. The number of hydrogen-bond donors (Lipinski definition) is 1. The van der Waals surface area contributed by atoms with E-state index in [1.54, 1.807) is 0 Å². The van der Waals surface area contributed by atoms with Crippen LogP contribution < -0.4 is 10.2 Å². The molecular weight excluding hydrogens is 290 g/mol.